The Balaban J connectivity index is 2.07. The summed E-state index contributed by atoms with van der Waals surface area (Å²) in [5.74, 6) is -0.0142. The number of nitrogens with two attached hydrogens (primary N) is 1. The Bertz CT molecular complexity index is 475. The number of amides is 1. The van der Waals surface area contributed by atoms with Crippen LogP contribution in [0.1, 0.15) is 29.3 Å². The Morgan fingerprint density at radius 1 is 1.56 bits per heavy atom. The highest BCUT2D eigenvalue weighted by Gasteiger charge is 2.29. The Morgan fingerprint density at radius 2 is 2.33 bits per heavy atom. The molecule has 1 fully saturated rings. The number of primary amides is 1. The van der Waals surface area contributed by atoms with Crippen LogP contribution in [0.15, 0.2) is 24.3 Å². The van der Waals surface area contributed by atoms with Gasteiger partial charge in [-0.3, -0.25) is 9.00 Å². The molecule has 2 N–H and O–H groups in total. The third-order valence-corrected chi connectivity index (χ3v) is 5.08. The summed E-state index contributed by atoms with van der Waals surface area (Å²) < 4.78 is 17.6. The normalized spacial score (nSPS) is 24.9. The molecule has 1 aliphatic heterocycles. The van der Waals surface area contributed by atoms with Crippen molar-refractivity contribution in [3.05, 3.63) is 35.4 Å². The zero-order valence-corrected chi connectivity index (χ0v) is 11.1. The highest BCUT2D eigenvalue weighted by Crippen LogP contribution is 2.21. The van der Waals surface area contributed by atoms with Crippen LogP contribution >= 0.6 is 0 Å². The molecule has 18 heavy (non-hydrogen) atoms. The van der Waals surface area contributed by atoms with Gasteiger partial charge in [0.15, 0.2) is 0 Å². The maximum atomic E-state index is 12.2. The van der Waals surface area contributed by atoms with E-state index in [1.807, 2.05) is 13.0 Å². The molecular formula is C13H17NO3S. The van der Waals surface area contributed by atoms with Crippen LogP contribution in [0.2, 0.25) is 0 Å². The topological polar surface area (TPSA) is 69.4 Å². The first-order chi connectivity index (χ1) is 8.58. The van der Waals surface area contributed by atoms with Gasteiger partial charge in [-0.25, -0.2) is 0 Å². The predicted octanol–water partition coefficient (Wildman–Crippen LogP) is 1.21. The van der Waals surface area contributed by atoms with Gasteiger partial charge in [0, 0.05) is 28.7 Å². The molecule has 0 bridgehead atoms. The number of carbonyl (C=O) groups is 1. The van der Waals surface area contributed by atoms with Crippen molar-refractivity contribution in [2.75, 3.05) is 6.61 Å². The number of ether oxygens (including phenoxy) is 1. The van der Waals surface area contributed by atoms with Crippen molar-refractivity contribution < 1.29 is 13.7 Å². The van der Waals surface area contributed by atoms with Gasteiger partial charge in [-0.05, 0) is 31.0 Å². The molecule has 0 unspecified atom stereocenters. The predicted molar refractivity (Wildman–Crippen MR) is 70.6 cm³/mol. The monoisotopic (exact) mass is 267 g/mol. The van der Waals surface area contributed by atoms with E-state index < -0.39 is 16.7 Å². The molecule has 1 aromatic carbocycles. The van der Waals surface area contributed by atoms with E-state index in [4.69, 9.17) is 10.5 Å². The highest BCUT2D eigenvalue weighted by atomic mass is 32.2. The largest absolute Gasteiger partial charge is 0.377 e. The molecule has 98 valence electrons. The van der Waals surface area contributed by atoms with Crippen LogP contribution in [0, 0.1) is 0 Å². The molecule has 0 spiro atoms. The Morgan fingerprint density at radius 3 is 2.94 bits per heavy atom. The maximum absolute atomic E-state index is 12.2. The number of rotatable bonds is 4. The fourth-order valence-corrected chi connectivity index (χ4v) is 3.73. The van der Waals surface area contributed by atoms with Crippen molar-refractivity contribution in [2.24, 2.45) is 5.73 Å². The van der Waals surface area contributed by atoms with Crippen LogP contribution < -0.4 is 5.73 Å². The van der Waals surface area contributed by atoms with Gasteiger partial charge < -0.3 is 10.5 Å². The van der Waals surface area contributed by atoms with Crippen LogP contribution in [0.4, 0.5) is 0 Å². The first-order valence-corrected chi connectivity index (χ1v) is 7.33. The summed E-state index contributed by atoms with van der Waals surface area (Å²) in [6.07, 6.45) is 0.883. The van der Waals surface area contributed by atoms with Gasteiger partial charge in [-0.15, -0.1) is 0 Å². The van der Waals surface area contributed by atoms with Crippen molar-refractivity contribution in [1.29, 1.82) is 0 Å². The molecule has 1 heterocycles. The van der Waals surface area contributed by atoms with Gasteiger partial charge in [-0.2, -0.15) is 0 Å². The van der Waals surface area contributed by atoms with Crippen LogP contribution in [-0.2, 0) is 21.3 Å². The van der Waals surface area contributed by atoms with E-state index in [0.29, 0.717) is 17.9 Å². The third kappa shape index (κ3) is 2.97. The van der Waals surface area contributed by atoms with Gasteiger partial charge in [0.2, 0.25) is 5.91 Å². The Kier molecular flexibility index (Phi) is 4.14. The summed E-state index contributed by atoms with van der Waals surface area (Å²) in [4.78, 5) is 11.1. The summed E-state index contributed by atoms with van der Waals surface area (Å²) in [6, 6.07) is 7.00. The SMILES string of the molecule is C[C@@H]1OCC[C@@H]1[S@@](=O)Cc1cccc(C(N)=O)c1. The first kappa shape index (κ1) is 13.2. The van der Waals surface area contributed by atoms with Crippen LogP contribution in [-0.4, -0.2) is 28.1 Å². The molecule has 5 heteroatoms. The van der Waals surface area contributed by atoms with Gasteiger partial charge in [0.25, 0.3) is 0 Å². The van der Waals surface area contributed by atoms with Gasteiger partial charge >= 0.3 is 0 Å². The van der Waals surface area contributed by atoms with Crippen LogP contribution in [0.25, 0.3) is 0 Å². The summed E-state index contributed by atoms with van der Waals surface area (Å²) in [5, 5.41) is 0.0854. The molecule has 1 saturated heterocycles. The van der Waals surface area contributed by atoms with Gasteiger partial charge in [0.1, 0.15) is 0 Å². The number of hydrogen-bond acceptors (Lipinski definition) is 3. The van der Waals surface area contributed by atoms with E-state index in [9.17, 15) is 9.00 Å². The Labute approximate surface area is 109 Å². The van der Waals surface area contributed by atoms with Crippen molar-refractivity contribution in [2.45, 2.75) is 30.5 Å². The number of benzene rings is 1. The van der Waals surface area contributed by atoms with E-state index in [-0.39, 0.29) is 11.4 Å². The quantitative estimate of drug-likeness (QED) is 0.891. The average molecular weight is 267 g/mol. The summed E-state index contributed by atoms with van der Waals surface area (Å²) >= 11 is 0. The highest BCUT2D eigenvalue weighted by molar-refractivity contribution is 7.84. The molecule has 1 amide bonds. The van der Waals surface area contributed by atoms with E-state index >= 15 is 0 Å². The van der Waals surface area contributed by atoms with E-state index in [1.54, 1.807) is 18.2 Å². The second-order valence-electron chi connectivity index (χ2n) is 4.49. The molecule has 0 radical (unpaired) electrons. The summed E-state index contributed by atoms with van der Waals surface area (Å²) in [6.45, 7) is 2.63. The lowest BCUT2D eigenvalue weighted by atomic mass is 10.1. The van der Waals surface area contributed by atoms with Gasteiger partial charge in [-0.1, -0.05) is 12.1 Å². The minimum Gasteiger partial charge on any atom is -0.377 e. The average Bonchev–Trinajstić information content (AvgIpc) is 2.76. The summed E-state index contributed by atoms with van der Waals surface area (Å²) in [5.41, 5.74) is 6.56. The minimum atomic E-state index is -0.975. The fourth-order valence-electron chi connectivity index (χ4n) is 2.14. The van der Waals surface area contributed by atoms with Crippen molar-refractivity contribution in [3.63, 3.8) is 0 Å². The lowest BCUT2D eigenvalue weighted by Gasteiger charge is -2.13. The van der Waals surface area contributed by atoms with E-state index in [2.05, 4.69) is 0 Å². The molecule has 1 aromatic rings. The molecule has 4 nitrogen and oxygen atoms in total. The van der Waals surface area contributed by atoms with Crippen molar-refractivity contribution in [3.8, 4) is 0 Å². The maximum Gasteiger partial charge on any atom is 0.248 e. The van der Waals surface area contributed by atoms with Crippen LogP contribution in [0.5, 0.6) is 0 Å². The molecule has 3 atom stereocenters. The molecule has 0 aliphatic carbocycles. The minimum absolute atomic E-state index is 0.0464. The zero-order valence-electron chi connectivity index (χ0n) is 10.3. The molecule has 1 aliphatic rings. The van der Waals surface area contributed by atoms with Crippen LogP contribution in [0.3, 0.4) is 0 Å². The summed E-state index contributed by atoms with van der Waals surface area (Å²) in [7, 11) is -0.975. The lowest BCUT2D eigenvalue weighted by Crippen LogP contribution is -2.24. The smallest absolute Gasteiger partial charge is 0.248 e. The Hall–Kier alpha value is -1.20. The fraction of sp³-hybridized carbons (Fsp3) is 0.462. The van der Waals surface area contributed by atoms with Crippen molar-refractivity contribution >= 4 is 16.7 Å². The van der Waals surface area contributed by atoms with E-state index in [0.717, 1.165) is 12.0 Å². The molecular weight excluding hydrogens is 250 g/mol. The van der Waals surface area contributed by atoms with Gasteiger partial charge in [0.05, 0.1) is 11.4 Å². The number of hydrogen-bond donors (Lipinski definition) is 1. The number of carbonyl (C=O) groups excluding carboxylic acids is 1. The molecule has 2 rings (SSSR count). The standard InChI is InChI=1S/C13H17NO3S/c1-9-12(5-6-17-9)18(16)8-10-3-2-4-11(7-10)13(14)15/h2-4,7,9,12H,5-6,8H2,1H3,(H2,14,15)/t9-,12-,18-/m0/s1. The van der Waals surface area contributed by atoms with Crippen molar-refractivity contribution in [1.82, 2.24) is 0 Å². The zero-order chi connectivity index (χ0) is 13.1. The van der Waals surface area contributed by atoms with E-state index in [1.165, 1.54) is 0 Å². The first-order valence-electron chi connectivity index (χ1n) is 5.95. The second kappa shape index (κ2) is 5.63. The third-order valence-electron chi connectivity index (χ3n) is 3.16. The molecule has 0 saturated carbocycles. The molecule has 0 aromatic heterocycles. The second-order valence-corrected chi connectivity index (χ2v) is 6.15. The lowest BCUT2D eigenvalue weighted by molar-refractivity contribution is 0.1000.